The Bertz CT molecular complexity index is 445. The monoisotopic (exact) mass is 294 g/mol. The molecule has 20 heavy (non-hydrogen) atoms. The minimum atomic E-state index is -0.0384. The van der Waals surface area contributed by atoms with Gasteiger partial charge in [0.1, 0.15) is 0 Å². The molecular formula is C16H23ClN2O. The fraction of sp³-hybridized carbons (Fsp3) is 0.438. The molecule has 1 aliphatic rings. The van der Waals surface area contributed by atoms with Crippen LogP contribution in [0.4, 0.5) is 0 Å². The molecule has 0 spiro atoms. The van der Waals surface area contributed by atoms with E-state index in [1.807, 2.05) is 30.3 Å². The van der Waals surface area contributed by atoms with E-state index in [0.717, 1.165) is 31.5 Å². The molecule has 0 radical (unpaired) electrons. The number of halogens is 1. The highest BCUT2D eigenvalue weighted by atomic mass is 35.5. The molecule has 1 aromatic carbocycles. The summed E-state index contributed by atoms with van der Waals surface area (Å²) in [4.78, 5) is 12.3. The van der Waals surface area contributed by atoms with Gasteiger partial charge in [-0.25, -0.2) is 0 Å². The second kappa shape index (κ2) is 8.77. The maximum absolute atomic E-state index is 12.3. The molecule has 4 heteroatoms. The lowest BCUT2D eigenvalue weighted by molar-refractivity contribution is -0.122. The SMILES string of the molecule is CCC(C(=O)NCC1=CCNCC1)c1ccccc1.Cl. The number of amides is 1. The molecule has 1 aliphatic heterocycles. The number of benzene rings is 1. The van der Waals surface area contributed by atoms with Crippen molar-refractivity contribution in [3.63, 3.8) is 0 Å². The van der Waals surface area contributed by atoms with Crippen LogP contribution in [0.1, 0.15) is 31.2 Å². The smallest absolute Gasteiger partial charge is 0.227 e. The molecule has 0 saturated carbocycles. The minimum Gasteiger partial charge on any atom is -0.352 e. The maximum atomic E-state index is 12.3. The first-order valence-corrected chi connectivity index (χ1v) is 7.02. The van der Waals surface area contributed by atoms with Gasteiger partial charge in [0.15, 0.2) is 0 Å². The molecule has 1 atom stereocenters. The Morgan fingerprint density at radius 3 is 2.70 bits per heavy atom. The van der Waals surface area contributed by atoms with Crippen molar-refractivity contribution in [2.24, 2.45) is 0 Å². The summed E-state index contributed by atoms with van der Waals surface area (Å²) >= 11 is 0. The van der Waals surface area contributed by atoms with E-state index in [1.54, 1.807) is 0 Å². The predicted molar refractivity (Wildman–Crippen MR) is 85.3 cm³/mol. The highest BCUT2D eigenvalue weighted by Crippen LogP contribution is 2.19. The van der Waals surface area contributed by atoms with E-state index in [-0.39, 0.29) is 24.2 Å². The predicted octanol–water partition coefficient (Wildman–Crippen LogP) is 2.64. The first-order valence-electron chi connectivity index (χ1n) is 7.02. The van der Waals surface area contributed by atoms with Crippen molar-refractivity contribution in [2.75, 3.05) is 19.6 Å². The third-order valence-electron chi connectivity index (χ3n) is 3.57. The van der Waals surface area contributed by atoms with Gasteiger partial charge in [0.05, 0.1) is 5.92 Å². The number of nitrogens with one attached hydrogen (secondary N) is 2. The van der Waals surface area contributed by atoms with Crippen LogP contribution in [-0.2, 0) is 4.79 Å². The standard InChI is InChI=1S/C16H22N2O.ClH/c1-2-15(14-6-4-3-5-7-14)16(19)18-12-13-8-10-17-11-9-13;/h3-8,15,17H,2,9-12H2,1H3,(H,18,19);1H. The van der Waals surface area contributed by atoms with Gasteiger partial charge in [0.25, 0.3) is 0 Å². The van der Waals surface area contributed by atoms with Crippen molar-refractivity contribution in [1.82, 2.24) is 10.6 Å². The molecule has 110 valence electrons. The van der Waals surface area contributed by atoms with Gasteiger partial charge in [-0.15, -0.1) is 12.4 Å². The molecule has 2 N–H and O–H groups in total. The summed E-state index contributed by atoms with van der Waals surface area (Å²) in [5.41, 5.74) is 2.43. The van der Waals surface area contributed by atoms with Crippen LogP contribution in [0.25, 0.3) is 0 Å². The van der Waals surface area contributed by atoms with Gasteiger partial charge in [-0.1, -0.05) is 48.9 Å². The van der Waals surface area contributed by atoms with Gasteiger partial charge in [-0.05, 0) is 24.9 Å². The molecule has 0 aliphatic carbocycles. The summed E-state index contributed by atoms with van der Waals surface area (Å²) in [5, 5.41) is 6.34. The lowest BCUT2D eigenvalue weighted by Gasteiger charge is -2.18. The zero-order valence-corrected chi connectivity index (χ0v) is 12.7. The third-order valence-corrected chi connectivity index (χ3v) is 3.57. The van der Waals surface area contributed by atoms with E-state index in [9.17, 15) is 4.79 Å². The van der Waals surface area contributed by atoms with Gasteiger partial charge < -0.3 is 10.6 Å². The molecule has 0 fully saturated rings. The van der Waals surface area contributed by atoms with Crippen LogP contribution in [0.5, 0.6) is 0 Å². The van der Waals surface area contributed by atoms with E-state index in [0.29, 0.717) is 6.54 Å². The number of rotatable bonds is 5. The van der Waals surface area contributed by atoms with E-state index in [1.165, 1.54) is 5.57 Å². The number of carbonyl (C=O) groups is 1. The lowest BCUT2D eigenvalue weighted by Crippen LogP contribution is -2.32. The summed E-state index contributed by atoms with van der Waals surface area (Å²) in [5.74, 6) is 0.0941. The van der Waals surface area contributed by atoms with Crippen molar-refractivity contribution in [3.05, 3.63) is 47.5 Å². The third kappa shape index (κ3) is 4.66. The second-order valence-corrected chi connectivity index (χ2v) is 4.91. The largest absolute Gasteiger partial charge is 0.352 e. The normalized spacial score (nSPS) is 15.8. The fourth-order valence-electron chi connectivity index (χ4n) is 2.41. The van der Waals surface area contributed by atoms with Crippen LogP contribution in [0.2, 0.25) is 0 Å². The number of carbonyl (C=O) groups excluding carboxylic acids is 1. The van der Waals surface area contributed by atoms with Gasteiger partial charge in [-0.2, -0.15) is 0 Å². The molecule has 1 amide bonds. The van der Waals surface area contributed by atoms with E-state index in [4.69, 9.17) is 0 Å². The van der Waals surface area contributed by atoms with Crippen LogP contribution in [0.3, 0.4) is 0 Å². The highest BCUT2D eigenvalue weighted by molar-refractivity contribution is 5.85. The zero-order chi connectivity index (χ0) is 13.5. The summed E-state index contributed by atoms with van der Waals surface area (Å²) < 4.78 is 0. The van der Waals surface area contributed by atoms with Crippen LogP contribution >= 0.6 is 12.4 Å². The van der Waals surface area contributed by atoms with E-state index >= 15 is 0 Å². The molecule has 0 bridgehead atoms. The van der Waals surface area contributed by atoms with Gasteiger partial charge >= 0.3 is 0 Å². The fourth-order valence-corrected chi connectivity index (χ4v) is 2.41. The van der Waals surface area contributed by atoms with Crippen LogP contribution in [-0.4, -0.2) is 25.5 Å². The van der Waals surface area contributed by atoms with Gasteiger partial charge in [0.2, 0.25) is 5.91 Å². The Hall–Kier alpha value is -1.32. The molecule has 0 saturated heterocycles. The van der Waals surface area contributed by atoms with E-state index in [2.05, 4.69) is 23.6 Å². The summed E-state index contributed by atoms with van der Waals surface area (Å²) in [6.07, 6.45) is 4.03. The Morgan fingerprint density at radius 1 is 1.35 bits per heavy atom. The average molecular weight is 295 g/mol. The molecular weight excluding hydrogens is 272 g/mol. The van der Waals surface area contributed by atoms with Crippen molar-refractivity contribution in [2.45, 2.75) is 25.7 Å². The Kier molecular flexibility index (Phi) is 7.34. The summed E-state index contributed by atoms with van der Waals surface area (Å²) in [6, 6.07) is 10.0. The van der Waals surface area contributed by atoms with Crippen molar-refractivity contribution < 1.29 is 4.79 Å². The molecule has 2 rings (SSSR count). The van der Waals surface area contributed by atoms with Crippen LogP contribution in [0.15, 0.2) is 42.0 Å². The van der Waals surface area contributed by atoms with E-state index < -0.39 is 0 Å². The molecule has 1 unspecified atom stereocenters. The van der Waals surface area contributed by atoms with Crippen LogP contribution in [0, 0.1) is 0 Å². The minimum absolute atomic E-state index is 0. The maximum Gasteiger partial charge on any atom is 0.227 e. The Morgan fingerprint density at radius 2 is 2.10 bits per heavy atom. The lowest BCUT2D eigenvalue weighted by atomic mass is 9.95. The second-order valence-electron chi connectivity index (χ2n) is 4.91. The highest BCUT2D eigenvalue weighted by Gasteiger charge is 2.18. The van der Waals surface area contributed by atoms with Crippen molar-refractivity contribution in [3.8, 4) is 0 Å². The van der Waals surface area contributed by atoms with Crippen molar-refractivity contribution >= 4 is 18.3 Å². The van der Waals surface area contributed by atoms with Crippen LogP contribution < -0.4 is 10.6 Å². The average Bonchev–Trinajstić information content (AvgIpc) is 2.48. The summed E-state index contributed by atoms with van der Waals surface area (Å²) in [6.45, 7) is 4.67. The Labute approximate surface area is 127 Å². The first kappa shape index (κ1) is 16.7. The number of hydrogen-bond acceptors (Lipinski definition) is 2. The molecule has 1 heterocycles. The quantitative estimate of drug-likeness (QED) is 0.820. The van der Waals surface area contributed by atoms with Crippen molar-refractivity contribution in [1.29, 1.82) is 0 Å². The van der Waals surface area contributed by atoms with Gasteiger partial charge in [0, 0.05) is 13.1 Å². The Balaban J connectivity index is 0.00000200. The molecule has 0 aromatic heterocycles. The van der Waals surface area contributed by atoms with Gasteiger partial charge in [-0.3, -0.25) is 4.79 Å². The summed E-state index contributed by atoms with van der Waals surface area (Å²) in [7, 11) is 0. The molecule has 1 aromatic rings. The number of hydrogen-bond donors (Lipinski definition) is 2. The molecule has 3 nitrogen and oxygen atoms in total. The zero-order valence-electron chi connectivity index (χ0n) is 11.9. The topological polar surface area (TPSA) is 41.1 Å². The first-order chi connectivity index (χ1) is 9.31.